The van der Waals surface area contributed by atoms with Crippen molar-refractivity contribution in [3.8, 4) is 0 Å². The summed E-state index contributed by atoms with van der Waals surface area (Å²) in [6.07, 6.45) is 9.76. The molecule has 0 atom stereocenters. The van der Waals surface area contributed by atoms with Gasteiger partial charge in [0.15, 0.2) is 5.78 Å². The van der Waals surface area contributed by atoms with Crippen LogP contribution in [0, 0.1) is 5.92 Å². The Labute approximate surface area is 144 Å². The zero-order chi connectivity index (χ0) is 16.4. The van der Waals surface area contributed by atoms with Crippen LogP contribution in [0.15, 0.2) is 24.3 Å². The van der Waals surface area contributed by atoms with Crippen molar-refractivity contribution >= 4 is 23.1 Å². The molecule has 0 radical (unpaired) electrons. The lowest BCUT2D eigenvalue weighted by atomic mass is 9.85. The standard InChI is InChI=1S/C20H26ClNO/c1-20(2)13-15-11-16(21)9-10-17(15)18(22-20)12-19(23)14-7-5-3-4-6-8-14/h9-12,14,22H,3-8,13H2,1-2H3. The number of hydrogen-bond acceptors (Lipinski definition) is 2. The van der Waals surface area contributed by atoms with Crippen LogP contribution in [0.25, 0.3) is 5.70 Å². The van der Waals surface area contributed by atoms with E-state index in [9.17, 15) is 4.79 Å². The Kier molecular flexibility index (Phi) is 4.82. The van der Waals surface area contributed by atoms with Crippen molar-refractivity contribution in [1.82, 2.24) is 5.32 Å². The van der Waals surface area contributed by atoms with E-state index in [0.29, 0.717) is 0 Å². The second-order valence-electron chi connectivity index (χ2n) is 7.64. The van der Waals surface area contributed by atoms with Crippen molar-refractivity contribution in [2.24, 2.45) is 5.92 Å². The van der Waals surface area contributed by atoms with E-state index in [2.05, 4.69) is 19.2 Å². The predicted molar refractivity (Wildman–Crippen MR) is 96.5 cm³/mol. The van der Waals surface area contributed by atoms with E-state index in [0.717, 1.165) is 35.5 Å². The lowest BCUT2D eigenvalue weighted by molar-refractivity contribution is -0.118. The van der Waals surface area contributed by atoms with E-state index in [4.69, 9.17) is 11.6 Å². The summed E-state index contributed by atoms with van der Waals surface area (Å²) >= 11 is 6.16. The third-order valence-electron chi connectivity index (χ3n) is 5.01. The predicted octanol–water partition coefficient (Wildman–Crippen LogP) is 5.14. The molecule has 2 nitrogen and oxygen atoms in total. The van der Waals surface area contributed by atoms with Crippen LogP contribution in [0.3, 0.4) is 0 Å². The van der Waals surface area contributed by atoms with Crippen molar-refractivity contribution < 1.29 is 4.79 Å². The fourth-order valence-electron chi connectivity index (χ4n) is 3.86. The Hall–Kier alpha value is -1.28. The van der Waals surface area contributed by atoms with E-state index >= 15 is 0 Å². The Balaban J connectivity index is 1.90. The molecule has 1 N–H and O–H groups in total. The number of fused-ring (bicyclic) bond motifs is 1. The van der Waals surface area contributed by atoms with E-state index in [1.807, 2.05) is 24.3 Å². The van der Waals surface area contributed by atoms with Crippen LogP contribution in [0.5, 0.6) is 0 Å². The van der Waals surface area contributed by atoms with Gasteiger partial charge in [0.2, 0.25) is 0 Å². The molecule has 23 heavy (non-hydrogen) atoms. The molecule has 1 saturated carbocycles. The molecule has 0 bridgehead atoms. The quantitative estimate of drug-likeness (QED) is 0.600. The second-order valence-corrected chi connectivity index (χ2v) is 8.07. The first-order valence-electron chi connectivity index (χ1n) is 8.77. The van der Waals surface area contributed by atoms with Gasteiger partial charge in [-0.3, -0.25) is 4.79 Å². The van der Waals surface area contributed by atoms with Gasteiger partial charge in [-0.15, -0.1) is 0 Å². The highest BCUT2D eigenvalue weighted by Crippen LogP contribution is 2.32. The van der Waals surface area contributed by atoms with Crippen molar-refractivity contribution in [3.05, 3.63) is 40.4 Å². The van der Waals surface area contributed by atoms with Crippen LogP contribution in [0.2, 0.25) is 5.02 Å². The molecule has 0 unspecified atom stereocenters. The van der Waals surface area contributed by atoms with E-state index in [-0.39, 0.29) is 17.2 Å². The average Bonchev–Trinajstić information content (AvgIpc) is 2.74. The molecule has 0 amide bonds. The fraction of sp³-hybridized carbons (Fsp3) is 0.550. The molecular weight excluding hydrogens is 306 g/mol. The Morgan fingerprint density at radius 2 is 1.91 bits per heavy atom. The molecule has 1 aromatic rings. The third-order valence-corrected chi connectivity index (χ3v) is 5.24. The first kappa shape index (κ1) is 16.6. The van der Waals surface area contributed by atoms with Crippen LogP contribution >= 0.6 is 11.6 Å². The van der Waals surface area contributed by atoms with Gasteiger partial charge >= 0.3 is 0 Å². The molecule has 2 aliphatic rings. The number of allylic oxidation sites excluding steroid dienone is 1. The lowest BCUT2D eigenvalue weighted by Gasteiger charge is -2.35. The van der Waals surface area contributed by atoms with Crippen LogP contribution in [-0.4, -0.2) is 11.3 Å². The van der Waals surface area contributed by atoms with E-state index in [1.54, 1.807) is 0 Å². The number of carbonyl (C=O) groups excluding carboxylic acids is 1. The molecule has 1 aliphatic heterocycles. The Morgan fingerprint density at radius 3 is 2.61 bits per heavy atom. The molecule has 1 heterocycles. The minimum atomic E-state index is -0.0623. The van der Waals surface area contributed by atoms with Crippen molar-refractivity contribution in [2.75, 3.05) is 0 Å². The number of nitrogens with one attached hydrogen (secondary N) is 1. The summed E-state index contributed by atoms with van der Waals surface area (Å²) in [7, 11) is 0. The molecule has 3 rings (SSSR count). The minimum Gasteiger partial charge on any atom is -0.379 e. The molecule has 1 aliphatic carbocycles. The summed E-state index contributed by atoms with van der Waals surface area (Å²) < 4.78 is 0. The van der Waals surface area contributed by atoms with Gasteiger partial charge in [0, 0.05) is 33.8 Å². The zero-order valence-corrected chi connectivity index (χ0v) is 14.9. The summed E-state index contributed by atoms with van der Waals surface area (Å²) in [6, 6.07) is 5.97. The Bertz CT molecular complexity index is 625. The largest absolute Gasteiger partial charge is 0.379 e. The summed E-state index contributed by atoms with van der Waals surface area (Å²) in [5.41, 5.74) is 3.24. The molecule has 0 saturated heterocycles. The highest BCUT2D eigenvalue weighted by molar-refractivity contribution is 6.30. The van der Waals surface area contributed by atoms with Crippen molar-refractivity contribution in [1.29, 1.82) is 0 Å². The summed E-state index contributed by atoms with van der Waals surface area (Å²) in [6.45, 7) is 4.33. The maximum absolute atomic E-state index is 12.8. The summed E-state index contributed by atoms with van der Waals surface area (Å²) in [5.74, 6) is 0.487. The maximum atomic E-state index is 12.8. The first-order valence-corrected chi connectivity index (χ1v) is 9.15. The number of ketones is 1. The summed E-state index contributed by atoms with van der Waals surface area (Å²) in [5, 5.41) is 4.31. The molecule has 3 heteroatoms. The fourth-order valence-corrected chi connectivity index (χ4v) is 4.06. The molecule has 1 fully saturated rings. The molecule has 124 valence electrons. The topological polar surface area (TPSA) is 29.1 Å². The SMILES string of the molecule is CC1(C)Cc2cc(Cl)ccc2C(=CC(=O)C2CCCCCC2)N1. The van der Waals surface area contributed by atoms with Crippen molar-refractivity contribution in [2.45, 2.75) is 64.3 Å². The average molecular weight is 332 g/mol. The molecule has 0 spiro atoms. The van der Waals surface area contributed by atoms with Crippen LogP contribution in [0.4, 0.5) is 0 Å². The van der Waals surface area contributed by atoms with Crippen LogP contribution < -0.4 is 5.32 Å². The van der Waals surface area contributed by atoms with Crippen LogP contribution in [0.1, 0.15) is 63.5 Å². The van der Waals surface area contributed by atoms with Gasteiger partial charge in [0.25, 0.3) is 0 Å². The second kappa shape index (κ2) is 6.68. The van der Waals surface area contributed by atoms with Gasteiger partial charge < -0.3 is 5.32 Å². The first-order chi connectivity index (χ1) is 10.9. The van der Waals surface area contributed by atoms with E-state index in [1.165, 1.54) is 31.2 Å². The van der Waals surface area contributed by atoms with Gasteiger partial charge in [0.1, 0.15) is 0 Å². The maximum Gasteiger partial charge on any atom is 0.160 e. The van der Waals surface area contributed by atoms with Crippen molar-refractivity contribution in [3.63, 3.8) is 0 Å². The van der Waals surface area contributed by atoms with Gasteiger partial charge in [-0.05, 0) is 50.8 Å². The molecule has 1 aromatic carbocycles. The number of rotatable bonds is 2. The minimum absolute atomic E-state index is 0.0623. The third kappa shape index (κ3) is 3.98. The van der Waals surface area contributed by atoms with Gasteiger partial charge in [-0.25, -0.2) is 0 Å². The molecular formula is C20H26ClNO. The zero-order valence-electron chi connectivity index (χ0n) is 14.1. The number of halogens is 1. The molecule has 0 aromatic heterocycles. The van der Waals surface area contributed by atoms with Gasteiger partial charge in [-0.1, -0.05) is 43.4 Å². The number of carbonyl (C=O) groups is 1. The monoisotopic (exact) mass is 331 g/mol. The number of benzene rings is 1. The smallest absolute Gasteiger partial charge is 0.160 e. The van der Waals surface area contributed by atoms with Gasteiger partial charge in [0.05, 0.1) is 0 Å². The van der Waals surface area contributed by atoms with E-state index < -0.39 is 0 Å². The van der Waals surface area contributed by atoms with Gasteiger partial charge in [-0.2, -0.15) is 0 Å². The summed E-state index contributed by atoms with van der Waals surface area (Å²) in [4.78, 5) is 12.8. The normalized spacial score (nSPS) is 23.0. The highest BCUT2D eigenvalue weighted by Gasteiger charge is 2.29. The Morgan fingerprint density at radius 1 is 1.22 bits per heavy atom. The number of hydrogen-bond donors (Lipinski definition) is 1. The van der Waals surface area contributed by atoms with Crippen LogP contribution in [-0.2, 0) is 11.2 Å². The lowest BCUT2D eigenvalue weighted by Crippen LogP contribution is -2.44. The highest BCUT2D eigenvalue weighted by atomic mass is 35.5.